The number of imidazole rings is 1. The predicted molar refractivity (Wildman–Crippen MR) is 118 cm³/mol. The highest BCUT2D eigenvalue weighted by Crippen LogP contribution is 2.31. The normalized spacial score (nSPS) is 19.8. The van der Waals surface area contributed by atoms with Crippen molar-refractivity contribution in [1.82, 2.24) is 9.55 Å². The minimum absolute atomic E-state index is 0.0741. The maximum Gasteiger partial charge on any atom is 0.306 e. The lowest BCUT2D eigenvalue weighted by Crippen LogP contribution is -2.18. The van der Waals surface area contributed by atoms with Gasteiger partial charge in [0.15, 0.2) is 0 Å². The van der Waals surface area contributed by atoms with E-state index in [0.29, 0.717) is 25.4 Å². The molecular formula is C22H33N3O5S. The Morgan fingerprint density at radius 2 is 1.87 bits per heavy atom. The first-order valence-electron chi connectivity index (χ1n) is 10.7. The van der Waals surface area contributed by atoms with Crippen LogP contribution in [0.15, 0.2) is 47.8 Å². The fraction of sp³-hybridized carbons (Fsp3) is 0.545. The second-order valence-electron chi connectivity index (χ2n) is 8.18. The van der Waals surface area contributed by atoms with E-state index in [-0.39, 0.29) is 10.8 Å². The number of nitrogens with two attached hydrogens (primary N) is 1. The van der Waals surface area contributed by atoms with Gasteiger partial charge in [0.1, 0.15) is 0 Å². The molecule has 3 rings (SSSR count). The van der Waals surface area contributed by atoms with Crippen molar-refractivity contribution in [3.63, 3.8) is 0 Å². The highest BCUT2D eigenvalue weighted by molar-refractivity contribution is 7.85. The Morgan fingerprint density at radius 1 is 1.23 bits per heavy atom. The van der Waals surface area contributed by atoms with Gasteiger partial charge in [0, 0.05) is 18.7 Å². The highest BCUT2D eigenvalue weighted by atomic mass is 32.2. The summed E-state index contributed by atoms with van der Waals surface area (Å²) in [6.07, 6.45) is 10.7. The van der Waals surface area contributed by atoms with Crippen LogP contribution >= 0.6 is 0 Å². The first-order chi connectivity index (χ1) is 14.7. The molecule has 0 bridgehead atoms. The number of benzene rings is 1. The van der Waals surface area contributed by atoms with Gasteiger partial charge in [0.2, 0.25) is 0 Å². The topological polar surface area (TPSA) is 136 Å². The lowest BCUT2D eigenvalue weighted by atomic mass is 9.87. The molecule has 0 spiro atoms. The Balaban J connectivity index is 0.000000285. The van der Waals surface area contributed by atoms with Gasteiger partial charge in [-0.15, -0.1) is 0 Å². The molecule has 1 fully saturated rings. The van der Waals surface area contributed by atoms with Crippen molar-refractivity contribution < 1.29 is 22.9 Å². The molecule has 1 aromatic carbocycles. The summed E-state index contributed by atoms with van der Waals surface area (Å²) in [7, 11) is -4.00. The summed E-state index contributed by atoms with van der Waals surface area (Å²) in [5.41, 5.74) is 6.36. The Morgan fingerprint density at radius 3 is 2.39 bits per heavy atom. The van der Waals surface area contributed by atoms with Gasteiger partial charge in [-0.2, -0.15) is 8.42 Å². The first-order valence-corrected chi connectivity index (χ1v) is 12.1. The van der Waals surface area contributed by atoms with E-state index in [9.17, 15) is 18.3 Å². The van der Waals surface area contributed by atoms with Gasteiger partial charge in [-0.05, 0) is 63.1 Å². The van der Waals surface area contributed by atoms with E-state index < -0.39 is 16.1 Å². The van der Waals surface area contributed by atoms with Crippen molar-refractivity contribution >= 4 is 16.1 Å². The molecule has 1 aromatic heterocycles. The van der Waals surface area contributed by atoms with Crippen molar-refractivity contribution in [2.45, 2.75) is 62.8 Å². The molecule has 1 heterocycles. The zero-order chi connectivity index (χ0) is 22.9. The number of hydrogen-bond acceptors (Lipinski definition) is 5. The van der Waals surface area contributed by atoms with Gasteiger partial charge in [-0.3, -0.25) is 9.35 Å². The molecule has 0 amide bonds. The second kappa shape index (κ2) is 12.0. The zero-order valence-corrected chi connectivity index (χ0v) is 18.7. The number of aliphatic carboxylic acids is 1. The highest BCUT2D eigenvalue weighted by Gasteiger charge is 2.22. The van der Waals surface area contributed by atoms with Crippen molar-refractivity contribution in [2.24, 2.45) is 17.6 Å². The van der Waals surface area contributed by atoms with E-state index in [0.717, 1.165) is 18.0 Å². The summed E-state index contributed by atoms with van der Waals surface area (Å²) in [5.74, 6) is -0.287. The van der Waals surface area contributed by atoms with E-state index in [4.69, 9.17) is 10.3 Å². The number of nitrogens with zero attached hydrogens (tertiary/aromatic N) is 2. The Hall–Kier alpha value is -2.23. The molecule has 0 saturated heterocycles. The van der Waals surface area contributed by atoms with E-state index in [1.165, 1.54) is 37.8 Å². The molecule has 8 nitrogen and oxygen atoms in total. The van der Waals surface area contributed by atoms with Gasteiger partial charge in [0.05, 0.1) is 22.8 Å². The van der Waals surface area contributed by atoms with Crippen molar-refractivity contribution in [2.75, 3.05) is 6.54 Å². The quantitative estimate of drug-likeness (QED) is 0.522. The molecule has 4 N–H and O–H groups in total. The largest absolute Gasteiger partial charge is 0.481 e. The minimum Gasteiger partial charge on any atom is -0.481 e. The molecule has 0 unspecified atom stereocenters. The number of carboxylic acids is 1. The fourth-order valence-electron chi connectivity index (χ4n) is 3.75. The van der Waals surface area contributed by atoms with Gasteiger partial charge >= 0.3 is 5.97 Å². The Labute approximate surface area is 184 Å². The maximum absolute atomic E-state index is 11.3. The van der Waals surface area contributed by atoms with Gasteiger partial charge < -0.3 is 15.4 Å². The SMILES string of the molecule is C[C@H]1CC[C@H](n2cnc(C[C@H](CCCN)C(=O)O)c2)CC1.O=S(=O)(O)c1ccccc1. The van der Waals surface area contributed by atoms with Crippen molar-refractivity contribution in [3.05, 3.63) is 48.5 Å². The van der Waals surface area contributed by atoms with Crippen LogP contribution in [0.4, 0.5) is 0 Å². The third-order valence-electron chi connectivity index (χ3n) is 5.66. The van der Waals surface area contributed by atoms with Crippen LogP contribution in [-0.4, -0.2) is 40.1 Å². The summed E-state index contributed by atoms with van der Waals surface area (Å²) < 4.78 is 31.4. The van der Waals surface area contributed by atoms with Gasteiger partial charge in [-0.25, -0.2) is 4.98 Å². The van der Waals surface area contributed by atoms with Gasteiger partial charge in [-0.1, -0.05) is 25.1 Å². The summed E-state index contributed by atoms with van der Waals surface area (Å²) in [5, 5.41) is 9.27. The molecule has 1 aliphatic carbocycles. The molecule has 1 saturated carbocycles. The lowest BCUT2D eigenvalue weighted by molar-refractivity contribution is -0.142. The molecule has 9 heteroatoms. The molecule has 2 aromatic rings. The molecule has 0 aliphatic heterocycles. The summed E-state index contributed by atoms with van der Waals surface area (Å²) in [6, 6.07) is 7.96. The smallest absolute Gasteiger partial charge is 0.306 e. The van der Waals surface area contributed by atoms with E-state index >= 15 is 0 Å². The molecule has 1 aliphatic rings. The summed E-state index contributed by atoms with van der Waals surface area (Å²) in [4.78, 5) is 15.6. The van der Waals surface area contributed by atoms with Crippen LogP contribution in [0.2, 0.25) is 0 Å². The molecule has 172 valence electrons. The van der Waals surface area contributed by atoms with Gasteiger partial charge in [0.25, 0.3) is 10.1 Å². The number of carbonyl (C=O) groups is 1. The van der Waals surface area contributed by atoms with E-state index in [2.05, 4.69) is 16.5 Å². The monoisotopic (exact) mass is 451 g/mol. The molecular weight excluding hydrogens is 418 g/mol. The average molecular weight is 452 g/mol. The fourth-order valence-corrected chi connectivity index (χ4v) is 4.25. The Kier molecular flexibility index (Phi) is 9.67. The van der Waals surface area contributed by atoms with Crippen LogP contribution < -0.4 is 5.73 Å². The van der Waals surface area contributed by atoms with Crippen LogP contribution in [0.25, 0.3) is 0 Å². The number of rotatable bonds is 8. The van der Waals surface area contributed by atoms with Crippen molar-refractivity contribution in [3.8, 4) is 0 Å². The standard InChI is InChI=1S/C16H27N3O2.C6H6O3S/c1-12-4-6-15(7-5-12)19-10-14(18-11-19)9-13(16(20)21)3-2-8-17;7-10(8,9)6-4-2-1-3-5-6/h10-13,15H,2-9,17H2,1H3,(H,20,21);1-5H,(H,7,8,9)/t12-,13-,15-;/m0./s1. The maximum atomic E-state index is 11.3. The third-order valence-corrected chi connectivity index (χ3v) is 6.53. The van der Waals surface area contributed by atoms with Crippen molar-refractivity contribution in [1.29, 1.82) is 0 Å². The van der Waals surface area contributed by atoms with Crippen LogP contribution in [-0.2, 0) is 21.3 Å². The predicted octanol–water partition coefficient (Wildman–Crippen LogP) is 3.55. The minimum atomic E-state index is -4.00. The summed E-state index contributed by atoms with van der Waals surface area (Å²) in [6.45, 7) is 2.85. The number of hydrogen-bond donors (Lipinski definition) is 3. The van der Waals surface area contributed by atoms with Crippen LogP contribution in [0.3, 0.4) is 0 Å². The van der Waals surface area contributed by atoms with E-state index in [1.807, 2.05) is 12.5 Å². The summed E-state index contributed by atoms with van der Waals surface area (Å²) >= 11 is 0. The zero-order valence-electron chi connectivity index (χ0n) is 17.9. The van der Waals surface area contributed by atoms with E-state index in [1.54, 1.807) is 18.2 Å². The second-order valence-corrected chi connectivity index (χ2v) is 9.61. The lowest BCUT2D eigenvalue weighted by Gasteiger charge is -2.26. The Bertz CT molecular complexity index is 906. The average Bonchev–Trinajstić information content (AvgIpc) is 3.20. The number of carboxylic acid groups (broad SMARTS) is 1. The molecule has 1 atom stereocenters. The van der Waals surface area contributed by atoms with Crippen LogP contribution in [0.5, 0.6) is 0 Å². The third kappa shape index (κ3) is 8.43. The molecule has 31 heavy (non-hydrogen) atoms. The van der Waals surface area contributed by atoms with Crippen LogP contribution in [0, 0.1) is 11.8 Å². The number of aromatic nitrogens is 2. The first kappa shape index (κ1) is 25.0. The molecule has 0 radical (unpaired) electrons. The van der Waals surface area contributed by atoms with Crippen LogP contribution in [0.1, 0.15) is 57.2 Å².